The summed E-state index contributed by atoms with van der Waals surface area (Å²) in [7, 11) is 0. The zero-order valence-electron chi connectivity index (χ0n) is 16.2. The molecule has 5 aromatic rings. The number of carbonyl (C=O) groups excluding carboxylic acids is 1. The number of aromatic amines is 1. The van der Waals surface area contributed by atoms with Crippen molar-refractivity contribution in [2.45, 2.75) is 26.7 Å². The van der Waals surface area contributed by atoms with Crippen LogP contribution >= 0.6 is 0 Å². The second kappa shape index (κ2) is 6.70. The summed E-state index contributed by atoms with van der Waals surface area (Å²) in [6, 6.07) is 15.7. The summed E-state index contributed by atoms with van der Waals surface area (Å²) in [5.41, 5.74) is 6.49. The maximum Gasteiger partial charge on any atom is 0.227 e. The van der Waals surface area contributed by atoms with Crippen LogP contribution in [0, 0.1) is 13.8 Å². The molecule has 2 aromatic carbocycles. The van der Waals surface area contributed by atoms with E-state index in [-0.39, 0.29) is 5.91 Å². The summed E-state index contributed by atoms with van der Waals surface area (Å²) >= 11 is 0. The van der Waals surface area contributed by atoms with Crippen molar-refractivity contribution in [1.29, 1.82) is 0 Å². The predicted molar refractivity (Wildman–Crippen MR) is 113 cm³/mol. The molecular weight excluding hydrogens is 364 g/mol. The number of H-pyrrole nitrogens is 1. The van der Waals surface area contributed by atoms with Crippen molar-refractivity contribution in [2.75, 3.05) is 5.32 Å². The molecule has 0 radical (unpaired) electrons. The number of fused-ring (bicyclic) bond motifs is 4. The Morgan fingerprint density at radius 3 is 2.62 bits per heavy atom. The molecule has 0 bridgehead atoms. The minimum atomic E-state index is -0.0893. The number of aromatic nitrogens is 5. The number of carbonyl (C=O) groups is 1. The predicted octanol–water partition coefficient (Wildman–Crippen LogP) is 3.95. The van der Waals surface area contributed by atoms with Crippen molar-refractivity contribution in [1.82, 2.24) is 24.6 Å². The number of rotatable bonds is 4. The Balaban J connectivity index is 1.38. The monoisotopic (exact) mass is 384 g/mol. The van der Waals surface area contributed by atoms with E-state index in [2.05, 4.69) is 20.4 Å². The van der Waals surface area contributed by atoms with Crippen LogP contribution in [-0.4, -0.2) is 30.5 Å². The Hall–Kier alpha value is -3.74. The number of imidazole rings is 1. The van der Waals surface area contributed by atoms with Gasteiger partial charge in [-0.3, -0.25) is 10.1 Å². The number of nitrogens with one attached hydrogen (secondary N) is 2. The zero-order valence-corrected chi connectivity index (χ0v) is 16.2. The van der Waals surface area contributed by atoms with Gasteiger partial charge >= 0.3 is 0 Å². The van der Waals surface area contributed by atoms with Gasteiger partial charge in [-0.05, 0) is 50.1 Å². The minimum Gasteiger partial charge on any atom is -0.324 e. The molecule has 0 saturated carbocycles. The lowest BCUT2D eigenvalue weighted by Gasteiger charge is -2.11. The summed E-state index contributed by atoms with van der Waals surface area (Å²) in [6.07, 6.45) is 0.926. The number of nitrogens with zero attached hydrogens (tertiary/aromatic N) is 4. The van der Waals surface area contributed by atoms with E-state index in [1.54, 1.807) is 0 Å². The Bertz CT molecular complexity index is 1350. The molecule has 1 amide bonds. The van der Waals surface area contributed by atoms with Gasteiger partial charge in [-0.2, -0.15) is 5.10 Å². The molecule has 2 N–H and O–H groups in total. The molecule has 7 heteroatoms. The molecule has 3 heterocycles. The Morgan fingerprint density at radius 2 is 1.79 bits per heavy atom. The molecule has 144 valence electrons. The molecule has 0 fully saturated rings. The molecule has 0 spiro atoms. The number of benzene rings is 2. The fraction of sp³-hybridized carbons (Fsp3) is 0.182. The highest BCUT2D eigenvalue weighted by atomic mass is 16.1. The van der Waals surface area contributed by atoms with Crippen molar-refractivity contribution in [3.8, 4) is 0 Å². The number of hydrogen-bond donors (Lipinski definition) is 2. The molecule has 0 aliphatic rings. The van der Waals surface area contributed by atoms with Crippen molar-refractivity contribution in [2.24, 2.45) is 0 Å². The van der Waals surface area contributed by atoms with Crippen LogP contribution in [0.15, 0.2) is 48.5 Å². The normalized spacial score (nSPS) is 11.5. The van der Waals surface area contributed by atoms with E-state index in [0.717, 1.165) is 44.5 Å². The van der Waals surface area contributed by atoms with Gasteiger partial charge in [-0.15, -0.1) is 0 Å². The van der Waals surface area contributed by atoms with E-state index in [0.29, 0.717) is 18.8 Å². The Kier molecular flexibility index (Phi) is 4.01. The third-order valence-corrected chi connectivity index (χ3v) is 5.27. The van der Waals surface area contributed by atoms with Crippen LogP contribution in [0.3, 0.4) is 0 Å². The Labute approximate surface area is 166 Å². The third kappa shape index (κ3) is 3.00. The summed E-state index contributed by atoms with van der Waals surface area (Å²) in [5, 5.41) is 8.56. The van der Waals surface area contributed by atoms with Crippen LogP contribution in [0.25, 0.3) is 27.6 Å². The van der Waals surface area contributed by atoms with Crippen molar-refractivity contribution < 1.29 is 4.79 Å². The van der Waals surface area contributed by atoms with Gasteiger partial charge in [0.1, 0.15) is 0 Å². The van der Waals surface area contributed by atoms with Gasteiger partial charge in [0.15, 0.2) is 5.65 Å². The van der Waals surface area contributed by atoms with Crippen LogP contribution in [0.2, 0.25) is 0 Å². The zero-order chi connectivity index (χ0) is 20.0. The second-order valence-electron chi connectivity index (χ2n) is 7.16. The lowest BCUT2D eigenvalue weighted by atomic mass is 10.1. The molecule has 0 saturated heterocycles. The summed E-state index contributed by atoms with van der Waals surface area (Å²) in [6.45, 7) is 4.02. The minimum absolute atomic E-state index is 0.0893. The van der Waals surface area contributed by atoms with E-state index in [4.69, 9.17) is 4.98 Å². The summed E-state index contributed by atoms with van der Waals surface area (Å²) in [4.78, 5) is 24.8. The number of hydrogen-bond acceptors (Lipinski definition) is 4. The van der Waals surface area contributed by atoms with Crippen LogP contribution in [0.1, 0.15) is 23.4 Å². The number of anilines is 1. The summed E-state index contributed by atoms with van der Waals surface area (Å²) < 4.78 is 1.88. The van der Waals surface area contributed by atoms with Gasteiger partial charge in [0.2, 0.25) is 11.9 Å². The molecule has 29 heavy (non-hydrogen) atoms. The van der Waals surface area contributed by atoms with Gasteiger partial charge < -0.3 is 4.98 Å². The highest BCUT2D eigenvalue weighted by Gasteiger charge is 2.15. The molecule has 0 atom stereocenters. The molecule has 7 nitrogen and oxygen atoms in total. The van der Waals surface area contributed by atoms with E-state index in [1.165, 1.54) is 0 Å². The molecule has 5 rings (SSSR count). The standard InChI is InChI=1S/C22H20N6O/c1-13-15(14(2)28-21(23-13)16-7-3-4-8-17(16)27-28)11-12-20(29)26-22-24-18-9-5-6-10-19(18)25-22/h3-10H,11-12H2,1-2H3,(H2,24,25,26,29). The van der Waals surface area contributed by atoms with Crippen LogP contribution < -0.4 is 5.32 Å². The van der Waals surface area contributed by atoms with Crippen LogP contribution in [-0.2, 0) is 11.2 Å². The third-order valence-electron chi connectivity index (χ3n) is 5.27. The molecule has 0 aliphatic heterocycles. The molecule has 0 unspecified atom stereocenters. The first-order valence-corrected chi connectivity index (χ1v) is 9.58. The average molecular weight is 384 g/mol. The maximum atomic E-state index is 12.5. The van der Waals surface area contributed by atoms with Crippen molar-refractivity contribution >= 4 is 39.4 Å². The molecule has 3 aromatic heterocycles. The smallest absolute Gasteiger partial charge is 0.227 e. The van der Waals surface area contributed by atoms with Gasteiger partial charge in [-0.25, -0.2) is 14.5 Å². The number of para-hydroxylation sites is 2. The maximum absolute atomic E-state index is 12.5. The average Bonchev–Trinajstić information content (AvgIpc) is 3.28. The fourth-order valence-corrected chi connectivity index (χ4v) is 3.78. The number of aryl methyl sites for hydroxylation is 2. The fourth-order valence-electron chi connectivity index (χ4n) is 3.78. The van der Waals surface area contributed by atoms with Gasteiger partial charge in [0, 0.05) is 23.2 Å². The largest absolute Gasteiger partial charge is 0.324 e. The van der Waals surface area contributed by atoms with Crippen molar-refractivity contribution in [3.05, 3.63) is 65.5 Å². The highest BCUT2D eigenvalue weighted by Crippen LogP contribution is 2.23. The van der Waals surface area contributed by atoms with Gasteiger partial charge in [0.05, 0.1) is 16.6 Å². The Morgan fingerprint density at radius 1 is 1.03 bits per heavy atom. The lowest BCUT2D eigenvalue weighted by molar-refractivity contribution is -0.116. The molecule has 0 aliphatic carbocycles. The van der Waals surface area contributed by atoms with Crippen LogP contribution in [0.5, 0.6) is 0 Å². The quantitative estimate of drug-likeness (QED) is 0.491. The molecular formula is C22H20N6O. The first-order chi connectivity index (χ1) is 14.1. The van der Waals surface area contributed by atoms with E-state index in [9.17, 15) is 4.79 Å². The van der Waals surface area contributed by atoms with Crippen LogP contribution in [0.4, 0.5) is 5.95 Å². The van der Waals surface area contributed by atoms with Gasteiger partial charge in [-0.1, -0.05) is 24.3 Å². The van der Waals surface area contributed by atoms with Gasteiger partial charge in [0.25, 0.3) is 0 Å². The first-order valence-electron chi connectivity index (χ1n) is 9.58. The van der Waals surface area contributed by atoms with E-state index >= 15 is 0 Å². The summed E-state index contributed by atoms with van der Waals surface area (Å²) in [5.74, 6) is 0.380. The topological polar surface area (TPSA) is 88.0 Å². The SMILES string of the molecule is Cc1nc2c3ccccc3nn2c(C)c1CCC(=O)Nc1nc2ccccc2[nH]1. The van der Waals surface area contributed by atoms with E-state index in [1.807, 2.05) is 66.9 Å². The second-order valence-corrected chi connectivity index (χ2v) is 7.16. The van der Waals surface area contributed by atoms with E-state index < -0.39 is 0 Å². The first kappa shape index (κ1) is 17.4. The number of amides is 1. The lowest BCUT2D eigenvalue weighted by Crippen LogP contribution is -2.15. The highest BCUT2D eigenvalue weighted by molar-refractivity contribution is 5.92. The van der Waals surface area contributed by atoms with Crippen molar-refractivity contribution in [3.63, 3.8) is 0 Å².